The molecule has 0 aromatic carbocycles. The summed E-state index contributed by atoms with van der Waals surface area (Å²) in [5.41, 5.74) is 9.73. The Labute approximate surface area is 57.0 Å². The molecular weight excluding hydrogens is 140 g/mol. The average molecular weight is 148 g/mol. The van der Waals surface area contributed by atoms with Crippen molar-refractivity contribution in [2.24, 2.45) is 11.5 Å². The summed E-state index contributed by atoms with van der Waals surface area (Å²) in [6.07, 6.45) is 1.60. The van der Waals surface area contributed by atoms with Crippen LogP contribution in [0.15, 0.2) is 0 Å². The quantitative estimate of drug-likeness (QED) is 0.266. The molecule has 0 unspecified atom stereocenters. The van der Waals surface area contributed by atoms with Crippen molar-refractivity contribution >= 4 is 23.9 Å². The summed E-state index contributed by atoms with van der Waals surface area (Å²) in [5, 5.41) is 6.76. The molecule has 2 amide bonds. The van der Waals surface area contributed by atoms with E-state index < -0.39 is 6.03 Å². The van der Waals surface area contributed by atoms with Crippen molar-refractivity contribution in [2.75, 3.05) is 6.26 Å². The van der Waals surface area contributed by atoms with Crippen LogP contribution < -0.4 is 11.5 Å². The van der Waals surface area contributed by atoms with Crippen molar-refractivity contribution in [1.29, 1.82) is 5.41 Å². The van der Waals surface area contributed by atoms with Gasteiger partial charge >= 0.3 is 6.03 Å². The van der Waals surface area contributed by atoms with Crippen LogP contribution >= 0.6 is 11.9 Å². The Morgan fingerprint density at radius 1 is 1.67 bits per heavy atom. The van der Waals surface area contributed by atoms with Gasteiger partial charge in [-0.05, 0) is 11.9 Å². The molecule has 0 saturated carbocycles. The fourth-order valence-corrected chi connectivity index (χ4v) is 0.684. The molecule has 0 aromatic heterocycles. The molecule has 52 valence electrons. The highest BCUT2D eigenvalue weighted by atomic mass is 32.2. The molecule has 0 heterocycles. The lowest BCUT2D eigenvalue weighted by Gasteiger charge is -2.12. The van der Waals surface area contributed by atoms with E-state index in [1.165, 1.54) is 0 Å². The Bertz CT molecular complexity index is 122. The molecule has 0 radical (unpaired) electrons. The van der Waals surface area contributed by atoms with Crippen molar-refractivity contribution < 1.29 is 4.79 Å². The molecule has 0 aromatic rings. The molecule has 5 nitrogen and oxygen atoms in total. The Morgan fingerprint density at radius 3 is 2.11 bits per heavy atom. The zero-order chi connectivity index (χ0) is 7.44. The zero-order valence-electron chi connectivity index (χ0n) is 4.92. The van der Waals surface area contributed by atoms with Gasteiger partial charge in [0.2, 0.25) is 5.96 Å². The number of rotatable bonds is 1. The highest BCUT2D eigenvalue weighted by Crippen LogP contribution is 2.01. The molecule has 0 saturated heterocycles. The molecule has 0 aliphatic carbocycles. The summed E-state index contributed by atoms with van der Waals surface area (Å²) in [5.74, 6) is -0.352. The fraction of sp³-hybridized carbons (Fsp3) is 0.333. The van der Waals surface area contributed by atoms with Gasteiger partial charge in [-0.3, -0.25) is 5.41 Å². The Hall–Kier alpha value is -0.910. The first kappa shape index (κ1) is 8.09. The second-order valence-electron chi connectivity index (χ2n) is 1.20. The van der Waals surface area contributed by atoms with Crippen molar-refractivity contribution in [2.45, 2.75) is 0 Å². The molecule has 9 heavy (non-hydrogen) atoms. The van der Waals surface area contributed by atoms with Crippen molar-refractivity contribution in [3.05, 3.63) is 0 Å². The maximum Gasteiger partial charge on any atom is 0.331 e. The molecule has 6 heteroatoms. The van der Waals surface area contributed by atoms with E-state index in [4.69, 9.17) is 16.9 Å². The van der Waals surface area contributed by atoms with Gasteiger partial charge in [-0.15, -0.1) is 0 Å². The van der Waals surface area contributed by atoms with E-state index in [-0.39, 0.29) is 5.96 Å². The molecule has 0 aliphatic rings. The van der Waals surface area contributed by atoms with Crippen LogP contribution in [0.25, 0.3) is 0 Å². The summed E-state index contributed by atoms with van der Waals surface area (Å²) in [6.45, 7) is 0. The largest absolute Gasteiger partial charge is 0.369 e. The predicted molar refractivity (Wildman–Crippen MR) is 36.9 cm³/mol. The maximum atomic E-state index is 10.3. The number of carbonyl (C=O) groups is 1. The number of hydrogen-bond donors (Lipinski definition) is 3. The van der Waals surface area contributed by atoms with Crippen LogP contribution in [-0.4, -0.2) is 22.6 Å². The van der Waals surface area contributed by atoms with Crippen LogP contribution in [0.4, 0.5) is 4.79 Å². The second-order valence-corrected chi connectivity index (χ2v) is 1.93. The Morgan fingerprint density at radius 2 is 2.11 bits per heavy atom. The number of nitrogens with two attached hydrogens (primary N) is 2. The molecule has 0 fully saturated rings. The van der Waals surface area contributed by atoms with Gasteiger partial charge in [0, 0.05) is 6.26 Å². The van der Waals surface area contributed by atoms with Crippen LogP contribution in [0.5, 0.6) is 0 Å². The average Bonchev–Trinajstić information content (AvgIpc) is 1.64. The second kappa shape index (κ2) is 3.18. The number of carbonyl (C=O) groups excluding carboxylic acids is 1. The lowest BCUT2D eigenvalue weighted by atomic mass is 10.9. The van der Waals surface area contributed by atoms with Gasteiger partial charge in [-0.1, -0.05) is 0 Å². The van der Waals surface area contributed by atoms with Gasteiger partial charge in [0.25, 0.3) is 0 Å². The predicted octanol–water partition coefficient (Wildman–Crippen LogP) is -0.461. The normalized spacial score (nSPS) is 8.56. The van der Waals surface area contributed by atoms with Gasteiger partial charge in [-0.25, -0.2) is 9.10 Å². The van der Waals surface area contributed by atoms with Crippen molar-refractivity contribution in [3.63, 3.8) is 0 Å². The van der Waals surface area contributed by atoms with E-state index in [9.17, 15) is 4.79 Å². The lowest BCUT2D eigenvalue weighted by molar-refractivity contribution is 0.244. The third-order valence-corrected chi connectivity index (χ3v) is 1.34. The maximum absolute atomic E-state index is 10.3. The monoisotopic (exact) mass is 148 g/mol. The molecule has 0 atom stereocenters. The van der Waals surface area contributed by atoms with Gasteiger partial charge in [-0.2, -0.15) is 0 Å². The van der Waals surface area contributed by atoms with Crippen molar-refractivity contribution in [1.82, 2.24) is 4.31 Å². The van der Waals surface area contributed by atoms with E-state index in [1.807, 2.05) is 0 Å². The fourth-order valence-electron chi connectivity index (χ4n) is 0.307. The minimum atomic E-state index is -0.727. The minimum absolute atomic E-state index is 0.352. The summed E-state index contributed by atoms with van der Waals surface area (Å²) >= 11 is 0.995. The third-order valence-electron chi connectivity index (χ3n) is 0.602. The number of hydrogen-bond acceptors (Lipinski definition) is 3. The number of primary amides is 1. The van der Waals surface area contributed by atoms with E-state index >= 15 is 0 Å². The van der Waals surface area contributed by atoms with E-state index in [1.54, 1.807) is 6.26 Å². The third kappa shape index (κ3) is 2.22. The Balaban J connectivity index is 3.99. The van der Waals surface area contributed by atoms with Crippen LogP contribution in [0, 0.1) is 5.41 Å². The van der Waals surface area contributed by atoms with Crippen molar-refractivity contribution in [3.8, 4) is 0 Å². The highest BCUT2D eigenvalue weighted by Gasteiger charge is 2.09. The van der Waals surface area contributed by atoms with Gasteiger partial charge in [0.15, 0.2) is 0 Å². The topological polar surface area (TPSA) is 96.2 Å². The molecular formula is C3H8N4OS. The minimum Gasteiger partial charge on any atom is -0.369 e. The van der Waals surface area contributed by atoms with Gasteiger partial charge < -0.3 is 11.5 Å². The number of amides is 2. The van der Waals surface area contributed by atoms with Crippen LogP contribution in [0.2, 0.25) is 0 Å². The molecule has 0 spiro atoms. The number of nitrogens with one attached hydrogen (secondary N) is 1. The molecule has 0 rings (SSSR count). The van der Waals surface area contributed by atoms with E-state index in [0.29, 0.717) is 0 Å². The molecule has 5 N–H and O–H groups in total. The van der Waals surface area contributed by atoms with Gasteiger partial charge in [0.1, 0.15) is 0 Å². The molecule has 0 bridgehead atoms. The standard InChI is InChI=1S/C3H8N4OS/c1-9-7(2(4)5)3(6)8/h1H3,(H3,4,5)(H2,6,8). The molecule has 0 aliphatic heterocycles. The summed E-state index contributed by atoms with van der Waals surface area (Å²) in [4.78, 5) is 10.3. The SMILES string of the molecule is CSN(C(=N)N)C(N)=O. The highest BCUT2D eigenvalue weighted by molar-refractivity contribution is 7.97. The first-order valence-corrected chi connectivity index (χ1v) is 3.25. The van der Waals surface area contributed by atoms with Gasteiger partial charge in [0.05, 0.1) is 0 Å². The number of urea groups is 1. The summed E-state index contributed by atoms with van der Waals surface area (Å²) in [7, 11) is 0. The van der Waals surface area contributed by atoms with E-state index in [0.717, 1.165) is 16.3 Å². The van der Waals surface area contributed by atoms with Crippen LogP contribution in [0.1, 0.15) is 0 Å². The number of nitrogens with zero attached hydrogens (tertiary/aromatic N) is 1. The smallest absolute Gasteiger partial charge is 0.331 e. The zero-order valence-corrected chi connectivity index (χ0v) is 5.73. The van der Waals surface area contributed by atoms with E-state index in [2.05, 4.69) is 0 Å². The lowest BCUT2D eigenvalue weighted by Crippen LogP contribution is -2.39. The summed E-state index contributed by atoms with van der Waals surface area (Å²) < 4.78 is 0.875. The first-order chi connectivity index (χ1) is 4.09. The van der Waals surface area contributed by atoms with Crippen LogP contribution in [-0.2, 0) is 0 Å². The number of guanidine groups is 1. The van der Waals surface area contributed by atoms with Crippen LogP contribution in [0.3, 0.4) is 0 Å². The Kier molecular flexibility index (Phi) is 2.86. The summed E-state index contributed by atoms with van der Waals surface area (Å²) in [6, 6.07) is -0.727. The first-order valence-electron chi connectivity index (χ1n) is 2.07.